The average molecular weight is 977 g/mol. The Hall–Kier alpha value is -2.96. The minimum atomic E-state index is -0.808. The van der Waals surface area contributed by atoms with E-state index in [9.17, 15) is 19.8 Å². The van der Waals surface area contributed by atoms with Gasteiger partial charge in [0.2, 0.25) is 5.91 Å². The van der Waals surface area contributed by atoms with Crippen molar-refractivity contribution in [2.45, 2.75) is 302 Å². The highest BCUT2D eigenvalue weighted by Gasteiger charge is 2.24. The molecule has 0 fully saturated rings. The van der Waals surface area contributed by atoms with Crippen molar-refractivity contribution < 1.29 is 24.5 Å². The molecule has 0 aromatic carbocycles. The summed E-state index contributed by atoms with van der Waals surface area (Å²) in [7, 11) is 0. The van der Waals surface area contributed by atoms with Gasteiger partial charge < -0.3 is 20.3 Å². The first-order valence-electron chi connectivity index (χ1n) is 29.9. The van der Waals surface area contributed by atoms with Crippen LogP contribution in [-0.2, 0) is 14.3 Å². The molecule has 6 heteroatoms. The second-order valence-corrected chi connectivity index (χ2v) is 20.2. The van der Waals surface area contributed by atoms with E-state index in [1.165, 1.54) is 148 Å². The maximum atomic E-state index is 13.3. The predicted molar refractivity (Wildman–Crippen MR) is 305 cm³/mol. The highest BCUT2D eigenvalue weighted by molar-refractivity contribution is 5.77. The number of aliphatic hydroxyl groups excluding tert-OH is 2. The summed E-state index contributed by atoms with van der Waals surface area (Å²) in [6, 6.07) is -0.725. The van der Waals surface area contributed by atoms with Crippen molar-refractivity contribution in [1.29, 1.82) is 0 Å². The summed E-state index contributed by atoms with van der Waals surface area (Å²) in [6.07, 6.45) is 75.0. The fourth-order valence-corrected chi connectivity index (χ4v) is 8.81. The van der Waals surface area contributed by atoms with Crippen LogP contribution in [0.2, 0.25) is 0 Å². The minimum Gasteiger partial charge on any atom is -0.462 e. The molecule has 3 N–H and O–H groups in total. The van der Waals surface area contributed by atoms with Crippen LogP contribution < -0.4 is 5.32 Å². The molecule has 0 saturated heterocycles. The zero-order chi connectivity index (χ0) is 50.9. The van der Waals surface area contributed by atoms with Gasteiger partial charge in [-0.3, -0.25) is 9.59 Å². The highest BCUT2D eigenvalue weighted by atomic mass is 16.5. The quantitative estimate of drug-likeness (QED) is 0.0321. The molecule has 6 nitrogen and oxygen atoms in total. The van der Waals surface area contributed by atoms with Gasteiger partial charge in [0, 0.05) is 6.42 Å². The Bertz CT molecular complexity index is 1330. The number of nitrogens with one attached hydrogen (secondary N) is 1. The molecule has 404 valence electrons. The molecular formula is C64H113NO5. The fourth-order valence-electron chi connectivity index (χ4n) is 8.81. The van der Waals surface area contributed by atoms with Gasteiger partial charge in [-0.15, -0.1) is 0 Å². The van der Waals surface area contributed by atoms with E-state index < -0.39 is 18.2 Å². The number of carbonyl (C=O) groups excluding carboxylic acids is 2. The summed E-state index contributed by atoms with van der Waals surface area (Å²) < 4.78 is 5.94. The van der Waals surface area contributed by atoms with Crippen molar-refractivity contribution >= 4 is 11.9 Å². The predicted octanol–water partition coefficient (Wildman–Crippen LogP) is 18.7. The van der Waals surface area contributed by atoms with Crippen LogP contribution in [0.25, 0.3) is 0 Å². The van der Waals surface area contributed by atoms with Crippen LogP contribution in [0.5, 0.6) is 0 Å². The van der Waals surface area contributed by atoms with Gasteiger partial charge in [-0.2, -0.15) is 0 Å². The molecule has 0 aromatic heterocycles. The fraction of sp³-hybridized carbons (Fsp3) is 0.750. The maximum Gasteiger partial charge on any atom is 0.306 e. The lowest BCUT2D eigenvalue weighted by Gasteiger charge is -2.24. The van der Waals surface area contributed by atoms with E-state index in [1.54, 1.807) is 0 Å². The highest BCUT2D eigenvalue weighted by Crippen LogP contribution is 2.18. The van der Waals surface area contributed by atoms with Crippen LogP contribution >= 0.6 is 0 Å². The van der Waals surface area contributed by atoms with Crippen LogP contribution in [0, 0.1) is 0 Å². The molecule has 0 saturated carbocycles. The normalized spacial score (nSPS) is 13.7. The van der Waals surface area contributed by atoms with Crippen molar-refractivity contribution in [2.75, 3.05) is 6.61 Å². The third-order valence-electron chi connectivity index (χ3n) is 13.3. The second kappa shape index (κ2) is 56.9. The molecule has 3 atom stereocenters. The van der Waals surface area contributed by atoms with Gasteiger partial charge in [-0.25, -0.2) is 0 Å². The number of allylic oxidation sites excluding steroid dienone is 14. The Morgan fingerprint density at radius 2 is 0.757 bits per heavy atom. The van der Waals surface area contributed by atoms with Crippen LogP contribution in [0.3, 0.4) is 0 Å². The second-order valence-electron chi connectivity index (χ2n) is 20.2. The van der Waals surface area contributed by atoms with E-state index >= 15 is 0 Å². The summed E-state index contributed by atoms with van der Waals surface area (Å²) in [5.41, 5.74) is 0. The molecule has 0 spiro atoms. The van der Waals surface area contributed by atoms with Crippen molar-refractivity contribution in [3.63, 3.8) is 0 Å². The monoisotopic (exact) mass is 976 g/mol. The Morgan fingerprint density at radius 3 is 1.19 bits per heavy atom. The van der Waals surface area contributed by atoms with Gasteiger partial charge in [0.05, 0.1) is 25.2 Å². The lowest BCUT2D eigenvalue weighted by molar-refractivity contribution is -0.151. The number of ether oxygens (including phenoxy) is 1. The van der Waals surface area contributed by atoms with Gasteiger partial charge in [-0.1, -0.05) is 286 Å². The number of unbranched alkanes of at least 4 members (excludes halogenated alkanes) is 32. The molecule has 0 aliphatic rings. The first-order chi connectivity index (χ1) is 34.5. The van der Waals surface area contributed by atoms with E-state index in [4.69, 9.17) is 4.74 Å². The summed E-state index contributed by atoms with van der Waals surface area (Å²) >= 11 is 0. The van der Waals surface area contributed by atoms with Crippen molar-refractivity contribution in [3.05, 3.63) is 85.1 Å². The van der Waals surface area contributed by atoms with Gasteiger partial charge in [0.15, 0.2) is 0 Å². The van der Waals surface area contributed by atoms with E-state index in [0.717, 1.165) is 89.9 Å². The zero-order valence-electron chi connectivity index (χ0n) is 46.1. The lowest BCUT2D eigenvalue weighted by atomic mass is 10.0. The number of aliphatic hydroxyl groups is 2. The van der Waals surface area contributed by atoms with E-state index in [2.05, 4.69) is 74.7 Å². The van der Waals surface area contributed by atoms with Crippen LogP contribution in [0.4, 0.5) is 0 Å². The number of amides is 1. The van der Waals surface area contributed by atoms with Gasteiger partial charge in [0.1, 0.15) is 6.10 Å². The Morgan fingerprint density at radius 1 is 0.414 bits per heavy atom. The van der Waals surface area contributed by atoms with E-state index in [-0.39, 0.29) is 24.9 Å². The molecule has 0 aliphatic heterocycles. The Labute approximate surface area is 433 Å². The standard InChI is InChI=1S/C64H113NO5/c1-4-7-10-13-16-19-22-25-28-31-33-36-39-42-45-48-51-54-57-64(69)70-60(55-52-49-46-43-40-37-34-30-27-24-21-18-15-12-9-6-3)58-63(68)65-61(59-66)62(67)56-53-50-47-44-41-38-35-32-29-26-23-20-17-14-11-8-5-2/h12,15,18,21,24,27-28,30-31,33-34,36-37,40,60-62,66-67H,4-11,13-14,16-17,19-20,22-23,25-26,29,32,35,38-39,41-59H2,1-3H3,(H,65,68)/b15-12+,21-18+,27-24+,31-28+,34-30+,36-33+,40-37+. The van der Waals surface area contributed by atoms with Crippen molar-refractivity contribution in [3.8, 4) is 0 Å². The van der Waals surface area contributed by atoms with Crippen LogP contribution in [-0.4, -0.2) is 46.9 Å². The number of esters is 1. The third kappa shape index (κ3) is 51.4. The van der Waals surface area contributed by atoms with Gasteiger partial charge in [-0.05, 0) is 70.6 Å². The van der Waals surface area contributed by atoms with Crippen molar-refractivity contribution in [2.24, 2.45) is 0 Å². The minimum absolute atomic E-state index is 0.0400. The number of carbonyl (C=O) groups is 2. The first-order valence-corrected chi connectivity index (χ1v) is 29.9. The van der Waals surface area contributed by atoms with Gasteiger partial charge in [0.25, 0.3) is 0 Å². The largest absolute Gasteiger partial charge is 0.462 e. The number of hydrogen-bond acceptors (Lipinski definition) is 5. The topological polar surface area (TPSA) is 95.9 Å². The van der Waals surface area contributed by atoms with Crippen LogP contribution in [0.15, 0.2) is 85.1 Å². The van der Waals surface area contributed by atoms with Gasteiger partial charge >= 0.3 is 5.97 Å². The molecule has 0 bridgehead atoms. The van der Waals surface area contributed by atoms with E-state index in [0.29, 0.717) is 19.3 Å². The van der Waals surface area contributed by atoms with Crippen LogP contribution in [0.1, 0.15) is 284 Å². The number of hydrogen-bond donors (Lipinski definition) is 3. The SMILES string of the molecule is CCC/C=C/C=C/C=C/C=C/C=C/CCCCCC(CC(=O)NC(CO)C(O)CCCCCCCCCCCCCCCCCCC)OC(=O)CCCCCCC/C=C/C=C/CCCCCCCCC. The maximum absolute atomic E-state index is 13.3. The summed E-state index contributed by atoms with van der Waals surface area (Å²) in [6.45, 7) is 6.40. The smallest absolute Gasteiger partial charge is 0.306 e. The summed E-state index contributed by atoms with van der Waals surface area (Å²) in [5, 5.41) is 23.9. The third-order valence-corrected chi connectivity index (χ3v) is 13.3. The zero-order valence-corrected chi connectivity index (χ0v) is 46.1. The molecule has 0 aliphatic carbocycles. The first kappa shape index (κ1) is 67.0. The molecule has 0 rings (SSSR count). The molecule has 0 aromatic rings. The molecule has 70 heavy (non-hydrogen) atoms. The van der Waals surface area contributed by atoms with Crippen molar-refractivity contribution in [1.82, 2.24) is 5.32 Å². The summed E-state index contributed by atoms with van der Waals surface area (Å²) in [4.78, 5) is 26.3. The molecular weight excluding hydrogens is 863 g/mol. The Balaban J connectivity index is 4.65. The molecule has 3 unspecified atom stereocenters. The molecule has 0 radical (unpaired) electrons. The molecule has 1 amide bonds. The lowest BCUT2D eigenvalue weighted by Crippen LogP contribution is -2.46. The van der Waals surface area contributed by atoms with E-state index in [1.807, 2.05) is 36.5 Å². The number of rotatable bonds is 53. The molecule has 0 heterocycles. The average Bonchev–Trinajstić information content (AvgIpc) is 3.35. The summed E-state index contributed by atoms with van der Waals surface area (Å²) in [5.74, 6) is -0.531. The Kier molecular flexibility index (Phi) is 54.5.